The van der Waals surface area contributed by atoms with Gasteiger partial charge < -0.3 is 5.11 Å². The molecule has 0 unspecified atom stereocenters. The predicted octanol–water partition coefficient (Wildman–Crippen LogP) is 3.74. The minimum absolute atomic E-state index is 0.198. The number of hydrogen-bond acceptors (Lipinski definition) is 2. The maximum Gasteiger partial charge on any atom is 0.303 e. The Kier molecular flexibility index (Phi) is 3.59. The summed E-state index contributed by atoms with van der Waals surface area (Å²) in [5.41, 5.74) is 3.55. The standard InChI is InChI=1S/C14H14O2S/c1-10-2-5-12(6-3-10)13-8-11(9-17-13)4-7-14(15)16/h2-3,5-6,8-9H,4,7H2,1H3,(H,15,16). The molecule has 17 heavy (non-hydrogen) atoms. The van der Waals surface area contributed by atoms with Crippen LogP contribution in [0.3, 0.4) is 0 Å². The lowest BCUT2D eigenvalue weighted by Gasteiger charge is -1.97. The van der Waals surface area contributed by atoms with Gasteiger partial charge in [0.1, 0.15) is 0 Å². The summed E-state index contributed by atoms with van der Waals surface area (Å²) in [5, 5.41) is 10.7. The van der Waals surface area contributed by atoms with Crippen molar-refractivity contribution in [2.45, 2.75) is 19.8 Å². The zero-order chi connectivity index (χ0) is 12.3. The number of hydrogen-bond donors (Lipinski definition) is 1. The van der Waals surface area contributed by atoms with Gasteiger partial charge in [-0.25, -0.2) is 0 Å². The first-order valence-corrected chi connectivity index (χ1v) is 6.39. The van der Waals surface area contributed by atoms with E-state index in [4.69, 9.17) is 5.11 Å². The molecular weight excluding hydrogens is 232 g/mol. The van der Waals surface area contributed by atoms with Crippen LogP contribution in [0.2, 0.25) is 0 Å². The number of thiophene rings is 1. The average molecular weight is 246 g/mol. The molecule has 1 aromatic heterocycles. The van der Waals surface area contributed by atoms with Crippen LogP contribution in [0.1, 0.15) is 17.5 Å². The molecule has 2 nitrogen and oxygen atoms in total. The lowest BCUT2D eigenvalue weighted by Crippen LogP contribution is -1.95. The van der Waals surface area contributed by atoms with Gasteiger partial charge in [-0.3, -0.25) is 4.79 Å². The average Bonchev–Trinajstić information content (AvgIpc) is 2.76. The highest BCUT2D eigenvalue weighted by molar-refractivity contribution is 7.13. The van der Waals surface area contributed by atoms with Gasteiger partial charge in [0.15, 0.2) is 0 Å². The van der Waals surface area contributed by atoms with Crippen molar-refractivity contribution in [2.24, 2.45) is 0 Å². The highest BCUT2D eigenvalue weighted by Gasteiger charge is 2.04. The fraction of sp³-hybridized carbons (Fsp3) is 0.214. The first-order chi connectivity index (χ1) is 8.15. The normalized spacial score (nSPS) is 10.4. The quantitative estimate of drug-likeness (QED) is 0.892. The zero-order valence-electron chi connectivity index (χ0n) is 9.64. The number of benzene rings is 1. The molecular formula is C14H14O2S. The zero-order valence-corrected chi connectivity index (χ0v) is 10.5. The molecule has 0 atom stereocenters. The van der Waals surface area contributed by atoms with Crippen LogP contribution in [-0.4, -0.2) is 11.1 Å². The third-order valence-electron chi connectivity index (χ3n) is 2.62. The molecule has 88 valence electrons. The topological polar surface area (TPSA) is 37.3 Å². The number of aryl methyl sites for hydroxylation is 2. The van der Waals surface area contributed by atoms with Crippen LogP contribution in [0.25, 0.3) is 10.4 Å². The summed E-state index contributed by atoms with van der Waals surface area (Å²) < 4.78 is 0. The van der Waals surface area contributed by atoms with Crippen molar-refractivity contribution < 1.29 is 9.90 Å². The number of carboxylic acids is 1. The molecule has 2 rings (SSSR count). The summed E-state index contributed by atoms with van der Waals surface area (Å²) >= 11 is 1.67. The van der Waals surface area contributed by atoms with E-state index in [0.717, 1.165) is 5.56 Å². The first-order valence-electron chi connectivity index (χ1n) is 5.51. The molecule has 0 amide bonds. The van der Waals surface area contributed by atoms with E-state index in [0.29, 0.717) is 6.42 Å². The van der Waals surface area contributed by atoms with Crippen molar-refractivity contribution >= 4 is 17.3 Å². The highest BCUT2D eigenvalue weighted by Crippen LogP contribution is 2.27. The maximum atomic E-state index is 10.5. The van der Waals surface area contributed by atoms with Crippen molar-refractivity contribution in [3.05, 3.63) is 46.8 Å². The SMILES string of the molecule is Cc1ccc(-c2cc(CCC(=O)O)cs2)cc1. The van der Waals surface area contributed by atoms with Crippen molar-refractivity contribution in [2.75, 3.05) is 0 Å². The number of carbonyl (C=O) groups is 1. The van der Waals surface area contributed by atoms with E-state index >= 15 is 0 Å². The summed E-state index contributed by atoms with van der Waals surface area (Å²) in [6.45, 7) is 2.07. The Hall–Kier alpha value is -1.61. The van der Waals surface area contributed by atoms with Gasteiger partial charge in [0.25, 0.3) is 0 Å². The summed E-state index contributed by atoms with van der Waals surface area (Å²) in [6, 6.07) is 10.5. The van der Waals surface area contributed by atoms with Crippen molar-refractivity contribution in [3.8, 4) is 10.4 Å². The second kappa shape index (κ2) is 5.15. The van der Waals surface area contributed by atoms with Crippen LogP contribution in [0.15, 0.2) is 35.7 Å². The fourth-order valence-corrected chi connectivity index (χ4v) is 2.58. The molecule has 0 aliphatic carbocycles. The molecule has 0 fully saturated rings. The molecule has 0 aliphatic rings. The first kappa shape index (κ1) is 11.9. The predicted molar refractivity (Wildman–Crippen MR) is 70.4 cm³/mol. The number of rotatable bonds is 4. The van der Waals surface area contributed by atoms with E-state index in [-0.39, 0.29) is 6.42 Å². The Bertz CT molecular complexity index is 511. The van der Waals surface area contributed by atoms with Gasteiger partial charge in [0.05, 0.1) is 0 Å². The fourth-order valence-electron chi connectivity index (χ4n) is 1.63. The van der Waals surface area contributed by atoms with Gasteiger partial charge in [0, 0.05) is 11.3 Å². The van der Waals surface area contributed by atoms with E-state index < -0.39 is 5.97 Å². The molecule has 2 aromatic rings. The van der Waals surface area contributed by atoms with E-state index in [1.165, 1.54) is 16.0 Å². The van der Waals surface area contributed by atoms with E-state index in [1.807, 2.05) is 5.38 Å². The third-order valence-corrected chi connectivity index (χ3v) is 3.65. The van der Waals surface area contributed by atoms with Crippen LogP contribution < -0.4 is 0 Å². The smallest absolute Gasteiger partial charge is 0.303 e. The van der Waals surface area contributed by atoms with Crippen LogP contribution in [0.4, 0.5) is 0 Å². The summed E-state index contributed by atoms with van der Waals surface area (Å²) in [5.74, 6) is -0.743. The monoisotopic (exact) mass is 246 g/mol. The molecule has 0 spiro atoms. The van der Waals surface area contributed by atoms with Crippen molar-refractivity contribution in [1.29, 1.82) is 0 Å². The summed E-state index contributed by atoms with van der Waals surface area (Å²) in [6.07, 6.45) is 0.807. The number of aliphatic carboxylic acids is 1. The van der Waals surface area contributed by atoms with Crippen LogP contribution in [0.5, 0.6) is 0 Å². The van der Waals surface area contributed by atoms with Crippen molar-refractivity contribution in [1.82, 2.24) is 0 Å². The minimum Gasteiger partial charge on any atom is -0.481 e. The Labute approximate surface area is 105 Å². The van der Waals surface area contributed by atoms with Crippen LogP contribution >= 0.6 is 11.3 Å². The maximum absolute atomic E-state index is 10.5. The molecule has 1 aromatic carbocycles. The summed E-state index contributed by atoms with van der Waals surface area (Å²) in [7, 11) is 0. The van der Waals surface area contributed by atoms with Crippen LogP contribution in [-0.2, 0) is 11.2 Å². The van der Waals surface area contributed by atoms with Gasteiger partial charge >= 0.3 is 5.97 Å². The molecule has 0 radical (unpaired) electrons. The van der Waals surface area contributed by atoms with Gasteiger partial charge in [-0.15, -0.1) is 11.3 Å². The summed E-state index contributed by atoms with van der Waals surface area (Å²) in [4.78, 5) is 11.7. The van der Waals surface area contributed by atoms with Gasteiger partial charge in [-0.05, 0) is 35.9 Å². The minimum atomic E-state index is -0.743. The van der Waals surface area contributed by atoms with Crippen molar-refractivity contribution in [3.63, 3.8) is 0 Å². The van der Waals surface area contributed by atoms with Gasteiger partial charge in [-0.1, -0.05) is 29.8 Å². The van der Waals surface area contributed by atoms with E-state index in [9.17, 15) is 4.79 Å². The third kappa shape index (κ3) is 3.17. The number of carboxylic acid groups (broad SMARTS) is 1. The largest absolute Gasteiger partial charge is 0.481 e. The second-order valence-corrected chi connectivity index (χ2v) is 4.99. The molecule has 1 heterocycles. The van der Waals surface area contributed by atoms with Crippen LogP contribution in [0, 0.1) is 6.92 Å². The van der Waals surface area contributed by atoms with E-state index in [1.54, 1.807) is 11.3 Å². The van der Waals surface area contributed by atoms with Gasteiger partial charge in [-0.2, -0.15) is 0 Å². The molecule has 0 bridgehead atoms. The lowest BCUT2D eigenvalue weighted by atomic mass is 10.1. The molecule has 3 heteroatoms. The Balaban J connectivity index is 2.12. The molecule has 0 aliphatic heterocycles. The lowest BCUT2D eigenvalue weighted by molar-refractivity contribution is -0.136. The Morgan fingerprint density at radius 1 is 1.29 bits per heavy atom. The highest BCUT2D eigenvalue weighted by atomic mass is 32.1. The molecule has 0 saturated carbocycles. The Morgan fingerprint density at radius 2 is 2.00 bits per heavy atom. The van der Waals surface area contributed by atoms with Gasteiger partial charge in [0.2, 0.25) is 0 Å². The van der Waals surface area contributed by atoms with E-state index in [2.05, 4.69) is 37.3 Å². The Morgan fingerprint density at radius 3 is 2.65 bits per heavy atom. The molecule has 1 N–H and O–H groups in total. The molecule has 0 saturated heterocycles. The second-order valence-electron chi connectivity index (χ2n) is 4.08.